The molecule has 1 rings (SSSR count). The zero-order valence-electron chi connectivity index (χ0n) is 11.3. The lowest BCUT2D eigenvalue weighted by molar-refractivity contribution is 0.418. The number of hydrogen-bond acceptors (Lipinski definition) is 1. The topological polar surface area (TPSA) is 9.23 Å². The molecule has 0 saturated heterocycles. The van der Waals surface area contributed by atoms with E-state index in [2.05, 4.69) is 52.6 Å². The van der Waals surface area contributed by atoms with Crippen molar-refractivity contribution in [2.45, 2.75) is 39.0 Å². The highest BCUT2D eigenvalue weighted by atomic mass is 31.2. The van der Waals surface area contributed by atoms with Crippen LogP contribution in [0.5, 0.6) is 5.75 Å². The molecular weight excluding hydrogens is 215 g/mol. The minimum absolute atomic E-state index is 0.698. The average Bonchev–Trinajstić information content (AvgIpc) is 2.27. The molecule has 16 heavy (non-hydrogen) atoms. The Hall–Kier alpha value is -0.550. The van der Waals surface area contributed by atoms with Gasteiger partial charge in [-0.2, -0.15) is 0 Å². The fourth-order valence-electron chi connectivity index (χ4n) is 2.18. The van der Waals surface area contributed by atoms with E-state index in [0.717, 1.165) is 5.75 Å². The van der Waals surface area contributed by atoms with E-state index in [-0.39, 0.29) is 0 Å². The Labute approximate surface area is 101 Å². The second-order valence-corrected chi connectivity index (χ2v) is 9.85. The lowest BCUT2D eigenvalue weighted by Gasteiger charge is -2.31. The lowest BCUT2D eigenvalue weighted by atomic mass is 10.3. The smallest absolute Gasteiger partial charge is 0.160 e. The van der Waals surface area contributed by atoms with E-state index in [1.165, 1.54) is 5.30 Å². The molecule has 0 radical (unpaired) electrons. The third kappa shape index (κ3) is 2.25. The molecule has 0 atom stereocenters. The molecule has 1 nitrogen and oxygen atoms in total. The predicted molar refractivity (Wildman–Crippen MR) is 75.7 cm³/mol. The van der Waals surface area contributed by atoms with Crippen LogP contribution in [0.4, 0.5) is 0 Å². The molecular formula is C14H24OP+. The molecule has 0 heterocycles. The Morgan fingerprint density at radius 1 is 1.00 bits per heavy atom. The molecule has 0 N–H and O–H groups in total. The quantitative estimate of drug-likeness (QED) is 0.726. The van der Waals surface area contributed by atoms with Crippen LogP contribution >= 0.6 is 7.26 Å². The van der Waals surface area contributed by atoms with Crippen molar-refractivity contribution in [3.63, 3.8) is 0 Å². The SMILES string of the molecule is COc1ccccc1[P+](C)(C(C)C)C(C)C. The number of benzene rings is 1. The first-order valence-electron chi connectivity index (χ1n) is 5.94. The molecule has 0 aliphatic carbocycles. The molecule has 90 valence electrons. The van der Waals surface area contributed by atoms with Gasteiger partial charge in [0.2, 0.25) is 0 Å². The molecule has 1 aromatic rings. The highest BCUT2D eigenvalue weighted by molar-refractivity contribution is 7.83. The predicted octanol–water partition coefficient (Wildman–Crippen LogP) is 3.78. The van der Waals surface area contributed by atoms with Crippen LogP contribution in [0.25, 0.3) is 0 Å². The molecule has 0 aromatic heterocycles. The summed E-state index contributed by atoms with van der Waals surface area (Å²) in [6.07, 6.45) is 0. The summed E-state index contributed by atoms with van der Waals surface area (Å²) in [5.74, 6) is 1.06. The molecule has 0 unspecified atom stereocenters. The summed E-state index contributed by atoms with van der Waals surface area (Å²) >= 11 is 0. The van der Waals surface area contributed by atoms with Gasteiger partial charge in [0.1, 0.15) is 5.30 Å². The minimum Gasteiger partial charge on any atom is -0.493 e. The second-order valence-electron chi connectivity index (χ2n) is 5.01. The molecule has 2 heteroatoms. The largest absolute Gasteiger partial charge is 0.493 e. The number of para-hydroxylation sites is 1. The van der Waals surface area contributed by atoms with Crippen molar-refractivity contribution in [3.05, 3.63) is 24.3 Å². The van der Waals surface area contributed by atoms with Crippen LogP contribution in [0.1, 0.15) is 27.7 Å². The van der Waals surface area contributed by atoms with E-state index in [4.69, 9.17) is 4.74 Å². The van der Waals surface area contributed by atoms with Gasteiger partial charge in [0.05, 0.1) is 32.4 Å². The Bertz CT molecular complexity index is 336. The van der Waals surface area contributed by atoms with E-state index >= 15 is 0 Å². The second kappa shape index (κ2) is 5.19. The summed E-state index contributed by atoms with van der Waals surface area (Å²) in [7, 11) is 0.623. The van der Waals surface area contributed by atoms with Crippen LogP contribution in [0.3, 0.4) is 0 Å². The first-order valence-corrected chi connectivity index (χ1v) is 8.31. The van der Waals surface area contributed by atoms with Gasteiger partial charge in [-0.15, -0.1) is 0 Å². The van der Waals surface area contributed by atoms with Gasteiger partial charge < -0.3 is 4.74 Å². The van der Waals surface area contributed by atoms with Crippen LogP contribution in [-0.2, 0) is 0 Å². The fourth-order valence-corrected chi connectivity index (χ4v) is 5.53. The van der Waals surface area contributed by atoms with Crippen LogP contribution in [-0.4, -0.2) is 25.1 Å². The summed E-state index contributed by atoms with van der Waals surface area (Å²) in [5, 5.41) is 1.43. The maximum absolute atomic E-state index is 5.52. The summed E-state index contributed by atoms with van der Waals surface area (Å²) in [6, 6.07) is 8.50. The minimum atomic E-state index is -1.14. The maximum atomic E-state index is 5.52. The third-order valence-electron chi connectivity index (χ3n) is 3.75. The lowest BCUT2D eigenvalue weighted by Crippen LogP contribution is -2.26. The standard InChI is InChI=1S/C14H24OP/c1-11(2)16(6,12(3)4)14-10-8-7-9-13(14)15-5/h7-12H,1-6H3/q+1. The number of ether oxygens (including phenoxy) is 1. The van der Waals surface area contributed by atoms with E-state index in [1.807, 2.05) is 6.07 Å². The van der Waals surface area contributed by atoms with Crippen molar-refractivity contribution in [1.82, 2.24) is 0 Å². The third-order valence-corrected chi connectivity index (χ3v) is 9.45. The molecule has 0 amide bonds. The van der Waals surface area contributed by atoms with Gasteiger partial charge in [0.15, 0.2) is 5.75 Å². The molecule has 1 aromatic carbocycles. The monoisotopic (exact) mass is 239 g/mol. The molecule has 0 bridgehead atoms. The van der Waals surface area contributed by atoms with Gasteiger partial charge in [-0.3, -0.25) is 0 Å². The van der Waals surface area contributed by atoms with Crippen LogP contribution in [0.15, 0.2) is 24.3 Å². The fraction of sp³-hybridized carbons (Fsp3) is 0.571. The first kappa shape index (κ1) is 13.5. The summed E-state index contributed by atoms with van der Waals surface area (Å²) in [4.78, 5) is 0. The van der Waals surface area contributed by atoms with Gasteiger partial charge in [-0.05, 0) is 39.8 Å². The number of methoxy groups -OCH3 is 1. The summed E-state index contributed by atoms with van der Waals surface area (Å²) < 4.78 is 5.52. The summed E-state index contributed by atoms with van der Waals surface area (Å²) in [6.45, 7) is 11.8. The summed E-state index contributed by atoms with van der Waals surface area (Å²) in [5.41, 5.74) is 1.40. The molecule has 0 aliphatic rings. The Balaban J connectivity index is 3.32. The van der Waals surface area contributed by atoms with Crippen molar-refractivity contribution in [2.24, 2.45) is 0 Å². The first-order chi connectivity index (χ1) is 7.44. The molecule has 0 fully saturated rings. The highest BCUT2D eigenvalue weighted by Gasteiger charge is 2.43. The van der Waals surface area contributed by atoms with Crippen LogP contribution in [0.2, 0.25) is 0 Å². The Morgan fingerprint density at radius 2 is 1.50 bits per heavy atom. The Morgan fingerprint density at radius 3 is 1.94 bits per heavy atom. The normalized spacial score (nSPS) is 12.2. The van der Waals surface area contributed by atoms with Gasteiger partial charge >= 0.3 is 0 Å². The van der Waals surface area contributed by atoms with Gasteiger partial charge in [-0.1, -0.05) is 12.1 Å². The van der Waals surface area contributed by atoms with E-state index in [0.29, 0.717) is 11.3 Å². The van der Waals surface area contributed by atoms with Gasteiger partial charge in [-0.25, -0.2) is 0 Å². The average molecular weight is 239 g/mol. The van der Waals surface area contributed by atoms with Crippen LogP contribution in [0, 0.1) is 0 Å². The molecule has 0 saturated carbocycles. The number of hydrogen-bond donors (Lipinski definition) is 0. The zero-order chi connectivity index (χ0) is 12.3. The van der Waals surface area contributed by atoms with Gasteiger partial charge in [0, 0.05) is 0 Å². The van der Waals surface area contributed by atoms with E-state index in [9.17, 15) is 0 Å². The Kier molecular flexibility index (Phi) is 4.38. The molecule has 0 aliphatic heterocycles. The van der Waals surface area contributed by atoms with Crippen molar-refractivity contribution in [2.75, 3.05) is 13.8 Å². The van der Waals surface area contributed by atoms with Crippen molar-refractivity contribution in [1.29, 1.82) is 0 Å². The van der Waals surface area contributed by atoms with Crippen molar-refractivity contribution in [3.8, 4) is 5.75 Å². The van der Waals surface area contributed by atoms with Gasteiger partial charge in [0.25, 0.3) is 0 Å². The maximum Gasteiger partial charge on any atom is 0.160 e. The number of rotatable bonds is 4. The highest BCUT2D eigenvalue weighted by Crippen LogP contribution is 2.63. The van der Waals surface area contributed by atoms with Crippen molar-refractivity contribution < 1.29 is 4.74 Å². The van der Waals surface area contributed by atoms with Crippen molar-refractivity contribution >= 4 is 12.6 Å². The zero-order valence-corrected chi connectivity index (χ0v) is 12.2. The van der Waals surface area contributed by atoms with E-state index in [1.54, 1.807) is 7.11 Å². The van der Waals surface area contributed by atoms with E-state index < -0.39 is 7.26 Å². The van der Waals surface area contributed by atoms with Crippen LogP contribution < -0.4 is 10.0 Å². The molecule has 0 spiro atoms.